The van der Waals surface area contributed by atoms with Gasteiger partial charge in [0, 0.05) is 34.2 Å². The number of benzene rings is 2. The minimum atomic E-state index is -0.456. The monoisotopic (exact) mass is 403 g/mol. The smallest absolute Gasteiger partial charge is 0.287 e. The molecule has 0 unspecified atom stereocenters. The summed E-state index contributed by atoms with van der Waals surface area (Å²) in [6, 6.07) is 9.23. The number of methoxy groups -OCH3 is 1. The number of carbonyl (C=O) groups is 1. The highest BCUT2D eigenvalue weighted by Crippen LogP contribution is 2.38. The van der Waals surface area contributed by atoms with Gasteiger partial charge in [-0.1, -0.05) is 11.6 Å². The SMILES string of the molecule is COc1ccc(Cl)cc1-c1cc(F)cc2cc(C(=O)N[C@H]3C[C@@H](CO)C3)oc12. The number of fused-ring (bicyclic) bond motifs is 1. The van der Waals surface area contributed by atoms with Crippen molar-refractivity contribution in [3.05, 3.63) is 53.0 Å². The van der Waals surface area contributed by atoms with E-state index < -0.39 is 5.82 Å². The van der Waals surface area contributed by atoms with Crippen LogP contribution in [0.25, 0.3) is 22.1 Å². The normalized spacial score (nSPS) is 18.7. The summed E-state index contributed by atoms with van der Waals surface area (Å²) in [5, 5.41) is 12.9. The summed E-state index contributed by atoms with van der Waals surface area (Å²) in [5.74, 6) is 0.0412. The molecule has 1 fully saturated rings. The number of hydrogen-bond donors (Lipinski definition) is 2. The maximum atomic E-state index is 14.2. The lowest BCUT2D eigenvalue weighted by Crippen LogP contribution is -2.45. The maximum Gasteiger partial charge on any atom is 0.287 e. The number of amides is 1. The molecule has 1 aliphatic rings. The second-order valence-electron chi connectivity index (χ2n) is 7.02. The van der Waals surface area contributed by atoms with Gasteiger partial charge in [-0.2, -0.15) is 0 Å². The van der Waals surface area contributed by atoms with Gasteiger partial charge in [0.2, 0.25) is 0 Å². The third-order valence-electron chi connectivity index (χ3n) is 5.09. The number of furan rings is 1. The molecular formula is C21H19ClFNO4. The Morgan fingerprint density at radius 1 is 1.29 bits per heavy atom. The first-order chi connectivity index (χ1) is 13.5. The van der Waals surface area contributed by atoms with Crippen molar-refractivity contribution in [2.75, 3.05) is 13.7 Å². The molecule has 1 saturated carbocycles. The minimum Gasteiger partial charge on any atom is -0.496 e. The van der Waals surface area contributed by atoms with Crippen molar-refractivity contribution in [2.24, 2.45) is 5.92 Å². The molecule has 146 valence electrons. The van der Waals surface area contributed by atoms with E-state index in [0.29, 0.717) is 32.9 Å². The molecule has 3 aromatic rings. The molecule has 4 rings (SSSR count). The van der Waals surface area contributed by atoms with Crippen LogP contribution in [0.5, 0.6) is 5.75 Å². The van der Waals surface area contributed by atoms with Crippen molar-refractivity contribution < 1.29 is 23.4 Å². The van der Waals surface area contributed by atoms with Gasteiger partial charge in [0.15, 0.2) is 5.76 Å². The molecule has 0 atom stereocenters. The average molecular weight is 404 g/mol. The lowest BCUT2D eigenvalue weighted by Gasteiger charge is -2.34. The number of ether oxygens (including phenoxy) is 1. The molecule has 0 bridgehead atoms. The van der Waals surface area contributed by atoms with Crippen LogP contribution >= 0.6 is 11.6 Å². The summed E-state index contributed by atoms with van der Waals surface area (Å²) >= 11 is 6.11. The molecule has 0 saturated heterocycles. The topological polar surface area (TPSA) is 71.7 Å². The number of aliphatic hydroxyl groups excluding tert-OH is 1. The summed E-state index contributed by atoms with van der Waals surface area (Å²) < 4.78 is 25.4. The summed E-state index contributed by atoms with van der Waals surface area (Å²) in [6.45, 7) is 0.126. The first kappa shape index (κ1) is 18.8. The van der Waals surface area contributed by atoms with Crippen molar-refractivity contribution >= 4 is 28.5 Å². The van der Waals surface area contributed by atoms with E-state index in [0.717, 1.165) is 12.8 Å². The number of halogens is 2. The molecule has 7 heteroatoms. The van der Waals surface area contributed by atoms with Crippen molar-refractivity contribution in [1.82, 2.24) is 5.32 Å². The number of aliphatic hydroxyl groups is 1. The van der Waals surface area contributed by atoms with Crippen LogP contribution in [-0.2, 0) is 0 Å². The van der Waals surface area contributed by atoms with Crippen LogP contribution in [0.15, 0.2) is 40.8 Å². The Balaban J connectivity index is 1.71. The predicted octanol–water partition coefficient (Wildman–Crippen LogP) is 4.40. The number of carbonyl (C=O) groups excluding carboxylic acids is 1. The first-order valence-electron chi connectivity index (χ1n) is 8.97. The van der Waals surface area contributed by atoms with Crippen molar-refractivity contribution in [3.8, 4) is 16.9 Å². The molecular weight excluding hydrogens is 385 g/mol. The Labute approximate surface area is 166 Å². The Morgan fingerprint density at radius 3 is 2.79 bits per heavy atom. The van der Waals surface area contributed by atoms with Crippen molar-refractivity contribution in [3.63, 3.8) is 0 Å². The molecule has 2 aromatic carbocycles. The van der Waals surface area contributed by atoms with Crippen LogP contribution in [0, 0.1) is 11.7 Å². The van der Waals surface area contributed by atoms with Crippen LogP contribution in [0.3, 0.4) is 0 Å². The Kier molecular flexibility index (Phi) is 5.00. The Hall–Kier alpha value is -2.57. The lowest BCUT2D eigenvalue weighted by molar-refractivity contribution is 0.0808. The second kappa shape index (κ2) is 7.45. The van der Waals surface area contributed by atoms with E-state index in [9.17, 15) is 9.18 Å². The zero-order valence-electron chi connectivity index (χ0n) is 15.2. The quantitative estimate of drug-likeness (QED) is 0.662. The van der Waals surface area contributed by atoms with Gasteiger partial charge in [-0.05, 0) is 55.2 Å². The zero-order valence-corrected chi connectivity index (χ0v) is 15.9. The fourth-order valence-corrected chi connectivity index (χ4v) is 3.75. The van der Waals surface area contributed by atoms with E-state index in [2.05, 4.69) is 5.32 Å². The van der Waals surface area contributed by atoms with Gasteiger partial charge in [-0.3, -0.25) is 4.79 Å². The highest BCUT2D eigenvalue weighted by molar-refractivity contribution is 6.31. The van der Waals surface area contributed by atoms with Crippen LogP contribution in [0.2, 0.25) is 5.02 Å². The van der Waals surface area contributed by atoms with Crippen LogP contribution < -0.4 is 10.1 Å². The second-order valence-corrected chi connectivity index (χ2v) is 7.45. The Bertz CT molecular complexity index is 1040. The standard InChI is InChI=1S/C21H19ClFNO4/c1-27-18-3-2-13(22)8-16(18)17-9-14(23)6-12-7-19(28-20(12)17)21(26)24-15-4-11(5-15)10-25/h2-3,6-9,11,15,25H,4-5,10H2,1H3,(H,24,26)/t11-,15+. The van der Waals surface area contributed by atoms with Gasteiger partial charge in [0.1, 0.15) is 17.1 Å². The molecule has 28 heavy (non-hydrogen) atoms. The molecule has 1 amide bonds. The van der Waals surface area contributed by atoms with E-state index >= 15 is 0 Å². The maximum absolute atomic E-state index is 14.2. The van der Waals surface area contributed by atoms with E-state index in [1.807, 2.05) is 0 Å². The molecule has 2 N–H and O–H groups in total. The molecule has 5 nitrogen and oxygen atoms in total. The third kappa shape index (κ3) is 3.45. The summed E-state index contributed by atoms with van der Waals surface area (Å²) in [5.41, 5.74) is 1.41. The molecule has 0 spiro atoms. The molecule has 0 radical (unpaired) electrons. The first-order valence-corrected chi connectivity index (χ1v) is 9.35. The third-order valence-corrected chi connectivity index (χ3v) is 5.32. The lowest BCUT2D eigenvalue weighted by atomic mass is 9.81. The number of rotatable bonds is 5. The number of hydrogen-bond acceptors (Lipinski definition) is 4. The van der Waals surface area contributed by atoms with Crippen LogP contribution in [0.4, 0.5) is 4.39 Å². The largest absolute Gasteiger partial charge is 0.496 e. The van der Waals surface area contributed by atoms with Gasteiger partial charge < -0.3 is 19.6 Å². The van der Waals surface area contributed by atoms with Gasteiger partial charge in [0.05, 0.1) is 7.11 Å². The molecule has 1 aliphatic carbocycles. The van der Waals surface area contributed by atoms with Gasteiger partial charge in [0.25, 0.3) is 5.91 Å². The highest BCUT2D eigenvalue weighted by Gasteiger charge is 2.30. The van der Waals surface area contributed by atoms with Gasteiger partial charge in [-0.15, -0.1) is 0 Å². The van der Waals surface area contributed by atoms with Gasteiger partial charge in [-0.25, -0.2) is 4.39 Å². The Morgan fingerprint density at radius 2 is 2.07 bits per heavy atom. The minimum absolute atomic E-state index is 0.0158. The van der Waals surface area contributed by atoms with Crippen LogP contribution in [-0.4, -0.2) is 30.8 Å². The molecule has 1 aromatic heterocycles. The van der Waals surface area contributed by atoms with E-state index in [4.69, 9.17) is 25.9 Å². The van der Waals surface area contributed by atoms with Crippen molar-refractivity contribution in [1.29, 1.82) is 0 Å². The summed E-state index contributed by atoms with van der Waals surface area (Å²) in [6.07, 6.45) is 1.48. The summed E-state index contributed by atoms with van der Waals surface area (Å²) in [7, 11) is 1.52. The predicted molar refractivity (Wildman–Crippen MR) is 104 cm³/mol. The summed E-state index contributed by atoms with van der Waals surface area (Å²) in [4.78, 5) is 12.5. The average Bonchev–Trinajstić information content (AvgIpc) is 3.07. The van der Waals surface area contributed by atoms with E-state index in [1.54, 1.807) is 18.2 Å². The molecule has 0 aliphatic heterocycles. The zero-order chi connectivity index (χ0) is 19.8. The number of nitrogens with one attached hydrogen (secondary N) is 1. The fraction of sp³-hybridized carbons (Fsp3) is 0.286. The van der Waals surface area contributed by atoms with Crippen LogP contribution in [0.1, 0.15) is 23.4 Å². The van der Waals surface area contributed by atoms with E-state index in [-0.39, 0.29) is 30.2 Å². The van der Waals surface area contributed by atoms with E-state index in [1.165, 1.54) is 25.3 Å². The highest BCUT2D eigenvalue weighted by atomic mass is 35.5. The molecule has 1 heterocycles. The van der Waals surface area contributed by atoms with Gasteiger partial charge >= 0.3 is 0 Å². The fourth-order valence-electron chi connectivity index (χ4n) is 3.58. The van der Waals surface area contributed by atoms with Crippen molar-refractivity contribution in [2.45, 2.75) is 18.9 Å².